The minimum Gasteiger partial charge on any atom is -0.467 e. The molecule has 4 aromatic rings. The summed E-state index contributed by atoms with van der Waals surface area (Å²) in [6.45, 7) is 3.80. The molecule has 4 aromatic carbocycles. The number of amides is 1. The number of sulfonamides is 2. The number of carbonyl (C=O) groups is 2. The molecule has 2 N–H and O–H groups in total. The van der Waals surface area contributed by atoms with Crippen molar-refractivity contribution < 1.29 is 67.7 Å². The van der Waals surface area contributed by atoms with Crippen molar-refractivity contribution in [1.29, 1.82) is 0 Å². The van der Waals surface area contributed by atoms with E-state index in [9.17, 15) is 30.8 Å². The lowest BCUT2D eigenvalue weighted by Crippen LogP contribution is -2.45. The Morgan fingerprint density at radius 1 is 0.627 bits per heavy atom. The van der Waals surface area contributed by atoms with Gasteiger partial charge in [-0.05, 0) is 74.9 Å². The maximum Gasteiger partial charge on any atom is 0.339 e. The average molecular weight is 976 g/mol. The van der Waals surface area contributed by atoms with Crippen LogP contribution in [-0.2, 0) is 66.4 Å². The zero-order valence-electron chi connectivity index (χ0n) is 37.1. The summed E-state index contributed by atoms with van der Waals surface area (Å²) in [5, 5.41) is -1.50. The average Bonchev–Trinajstić information content (AvgIpc) is 3.26. The minimum absolute atomic E-state index is 0.124. The van der Waals surface area contributed by atoms with Crippen LogP contribution in [0.5, 0.6) is 0 Å². The molecule has 20 heteroatoms. The molecule has 0 aromatic heterocycles. The first-order chi connectivity index (χ1) is 31.9. The number of hydrogen-bond acceptors (Lipinski definition) is 11. The van der Waals surface area contributed by atoms with Crippen molar-refractivity contribution in [2.75, 3.05) is 33.5 Å². The number of nitrogens with zero attached hydrogens (tertiary/aromatic N) is 2. The number of primary amides is 1. The van der Waals surface area contributed by atoms with Crippen LogP contribution < -0.4 is 5.73 Å². The molecule has 4 fully saturated rings. The Morgan fingerprint density at radius 2 is 1.01 bits per heavy atom. The molecule has 0 bridgehead atoms. The Kier molecular flexibility index (Phi) is 15.9. The summed E-state index contributed by atoms with van der Waals surface area (Å²) in [6.07, 6.45) is -1.72. The van der Waals surface area contributed by atoms with Crippen LogP contribution in [0, 0.1) is 23.3 Å². The third-order valence-corrected chi connectivity index (χ3v) is 17.2. The predicted molar refractivity (Wildman–Crippen MR) is 235 cm³/mol. The van der Waals surface area contributed by atoms with Crippen molar-refractivity contribution in [3.8, 4) is 0 Å². The molecule has 14 nitrogen and oxygen atoms in total. The number of halogens is 4. The number of methoxy groups -OCH3 is 1. The molecule has 1 amide bonds. The summed E-state index contributed by atoms with van der Waals surface area (Å²) >= 11 is 0. The lowest BCUT2D eigenvalue weighted by Gasteiger charge is -2.37. The molecule has 8 rings (SSSR count). The summed E-state index contributed by atoms with van der Waals surface area (Å²) in [6, 6.07) is 20.5. The first-order valence-electron chi connectivity index (χ1n) is 21.8. The maximum absolute atomic E-state index is 15.1. The molecule has 0 saturated carbocycles. The highest BCUT2D eigenvalue weighted by molar-refractivity contribution is 7.89. The minimum atomic E-state index is -3.82. The fraction of sp³-hybridized carbons (Fsp3) is 0.447. The summed E-state index contributed by atoms with van der Waals surface area (Å²) < 4.78 is 142. The van der Waals surface area contributed by atoms with Gasteiger partial charge in [0.15, 0.2) is 12.2 Å². The summed E-state index contributed by atoms with van der Waals surface area (Å²) in [4.78, 5) is 24.0. The van der Waals surface area contributed by atoms with E-state index in [0.29, 0.717) is 36.8 Å². The number of rotatable bonds is 14. The van der Waals surface area contributed by atoms with Gasteiger partial charge in [0.1, 0.15) is 46.0 Å². The fourth-order valence-corrected chi connectivity index (χ4v) is 12.9. The standard InChI is InChI=1S/C24H27F2NO6S.C23H26F2N2O5S/c1-15-8-9-22(16-6-4-3-5-7-16)34(29,30)27(15)12-17-10-21(26)19(11-20(17)25)23(24(28)31-2)33-18-13-32-14-18;1-14-7-8-21(15-5-3-2-4-6-15)33(29,30)27(14)11-16-9-20(25)18(10-19(16)24)22(23(26)28)32-17-12-31-13-17/h3-7,10-11,15,18,22-23H,8-9,12-14H2,1-2H3;2-6,9-10,14,17,21-22H,7-8,11-13H2,1H3,(H2,26,28)/t15-,22+,23?;14-,21+,22?/m00/s1. The number of esters is 1. The van der Waals surface area contributed by atoms with Crippen molar-refractivity contribution in [1.82, 2.24) is 8.61 Å². The second-order valence-corrected chi connectivity index (χ2v) is 21.2. The van der Waals surface area contributed by atoms with Gasteiger partial charge in [0.05, 0.1) is 33.5 Å². The summed E-state index contributed by atoms with van der Waals surface area (Å²) in [7, 11) is -6.50. The van der Waals surface area contributed by atoms with Gasteiger partial charge in [-0.15, -0.1) is 0 Å². The van der Waals surface area contributed by atoms with Gasteiger partial charge in [0, 0.05) is 47.4 Å². The molecule has 0 radical (unpaired) electrons. The molecule has 4 heterocycles. The predicted octanol–water partition coefficient (Wildman–Crippen LogP) is 6.61. The smallest absolute Gasteiger partial charge is 0.339 e. The van der Waals surface area contributed by atoms with Gasteiger partial charge in [-0.25, -0.2) is 39.2 Å². The molecule has 0 spiro atoms. The molecule has 4 aliphatic heterocycles. The van der Waals surface area contributed by atoms with Gasteiger partial charge >= 0.3 is 5.97 Å². The zero-order valence-corrected chi connectivity index (χ0v) is 38.7. The Morgan fingerprint density at radius 3 is 1.37 bits per heavy atom. The topological polar surface area (TPSA) is 181 Å². The second kappa shape index (κ2) is 21.2. The van der Waals surface area contributed by atoms with Gasteiger partial charge in [0.25, 0.3) is 5.91 Å². The molecule has 4 aliphatic rings. The zero-order chi connectivity index (χ0) is 48.2. The van der Waals surface area contributed by atoms with E-state index in [1.165, 1.54) is 8.61 Å². The first kappa shape index (κ1) is 50.1. The van der Waals surface area contributed by atoms with E-state index in [0.717, 1.165) is 31.4 Å². The van der Waals surface area contributed by atoms with Crippen LogP contribution in [0.15, 0.2) is 84.9 Å². The Labute approximate surface area is 387 Å². The quantitative estimate of drug-likeness (QED) is 0.106. The van der Waals surface area contributed by atoms with Crippen molar-refractivity contribution in [3.05, 3.63) is 142 Å². The number of ether oxygens (including phenoxy) is 5. The highest BCUT2D eigenvalue weighted by Gasteiger charge is 2.43. The Balaban J connectivity index is 0.000000199. The van der Waals surface area contributed by atoms with E-state index in [1.807, 2.05) is 6.07 Å². The lowest BCUT2D eigenvalue weighted by molar-refractivity contribution is -0.183. The van der Waals surface area contributed by atoms with Crippen LogP contribution in [-0.4, -0.2) is 95.2 Å². The molecule has 0 aliphatic carbocycles. The van der Waals surface area contributed by atoms with Crippen molar-refractivity contribution in [2.45, 2.75) is 99.6 Å². The third-order valence-electron chi connectivity index (χ3n) is 12.5. The summed E-state index contributed by atoms with van der Waals surface area (Å²) in [5.74, 6) is -5.26. The normalized spacial score (nSPS) is 24.0. The SMILES string of the molecule is COC(=O)C(OC1COC1)c1cc(F)c(CN2[C@@H](C)CC[C@H](c3ccccc3)S2(=O)=O)cc1F.C[C@H]1CC[C@H](c2ccccc2)S(=O)(=O)N1Cc1cc(F)c(C(OC2COC2)C(N)=O)cc1F. The van der Waals surface area contributed by atoms with Crippen LogP contribution in [0.4, 0.5) is 17.6 Å². The first-order valence-corrected chi connectivity index (χ1v) is 24.8. The van der Waals surface area contributed by atoms with Crippen LogP contribution in [0.3, 0.4) is 0 Å². The van der Waals surface area contributed by atoms with E-state index < -0.39 is 90.1 Å². The van der Waals surface area contributed by atoms with Gasteiger partial charge in [0.2, 0.25) is 20.0 Å². The number of hydrogen-bond donors (Lipinski definition) is 1. The molecule has 2 unspecified atom stereocenters. The Bertz CT molecular complexity index is 2630. The van der Waals surface area contributed by atoms with Crippen molar-refractivity contribution >= 4 is 31.9 Å². The largest absolute Gasteiger partial charge is 0.467 e. The van der Waals surface area contributed by atoms with Gasteiger partial charge < -0.3 is 29.4 Å². The van der Waals surface area contributed by atoms with Crippen LogP contribution >= 0.6 is 0 Å². The highest BCUT2D eigenvalue weighted by Crippen LogP contribution is 2.40. The van der Waals surface area contributed by atoms with Crippen LogP contribution in [0.1, 0.15) is 95.6 Å². The number of benzene rings is 4. The molecule has 67 heavy (non-hydrogen) atoms. The highest BCUT2D eigenvalue weighted by atomic mass is 32.2. The molecular formula is C47H53F4N3O11S2. The van der Waals surface area contributed by atoms with E-state index in [2.05, 4.69) is 0 Å². The molecular weight excluding hydrogens is 923 g/mol. The van der Waals surface area contributed by atoms with Crippen molar-refractivity contribution in [3.63, 3.8) is 0 Å². The van der Waals surface area contributed by atoms with Crippen LogP contribution in [0.25, 0.3) is 0 Å². The van der Waals surface area contributed by atoms with E-state index in [-0.39, 0.29) is 73.9 Å². The number of nitrogens with two attached hydrogens (primary N) is 1. The van der Waals surface area contributed by atoms with Gasteiger partial charge in [-0.3, -0.25) is 4.79 Å². The van der Waals surface area contributed by atoms with Gasteiger partial charge in [-0.2, -0.15) is 8.61 Å². The van der Waals surface area contributed by atoms with E-state index >= 15 is 13.2 Å². The molecule has 6 atom stereocenters. The number of carbonyl (C=O) groups excluding carboxylic acids is 2. The van der Waals surface area contributed by atoms with Crippen molar-refractivity contribution in [2.24, 2.45) is 5.73 Å². The summed E-state index contributed by atoms with van der Waals surface area (Å²) in [5.41, 5.74) is 5.79. The third kappa shape index (κ3) is 11.1. The Hall–Kier alpha value is -4.80. The monoisotopic (exact) mass is 975 g/mol. The molecule has 4 saturated heterocycles. The lowest BCUT2D eigenvalue weighted by atomic mass is 10.0. The maximum atomic E-state index is 15.1. The second-order valence-electron chi connectivity index (χ2n) is 17.0. The van der Waals surface area contributed by atoms with Crippen LogP contribution in [0.2, 0.25) is 0 Å². The van der Waals surface area contributed by atoms with E-state index in [4.69, 9.17) is 29.4 Å². The molecule has 362 valence electrons. The van der Waals surface area contributed by atoms with Gasteiger partial charge in [-0.1, -0.05) is 60.7 Å². The van der Waals surface area contributed by atoms with E-state index in [1.54, 1.807) is 68.4 Å². The fourth-order valence-electron chi connectivity index (χ4n) is 8.52.